The molecule has 2 aliphatic heterocycles. The molecular weight excluding hydrogens is 486 g/mol. The number of aliphatic imine (C=N–C) groups is 1. The Morgan fingerprint density at radius 3 is 2.49 bits per heavy atom. The van der Waals surface area contributed by atoms with Crippen LogP contribution in [0.3, 0.4) is 0 Å². The fourth-order valence-electron chi connectivity index (χ4n) is 6.14. The monoisotopic (exact) mass is 537 g/mol. The number of carbonyl (C=O) groups is 1. The van der Waals surface area contributed by atoms with Crippen molar-refractivity contribution in [2.24, 2.45) is 16.8 Å². The maximum absolute atomic E-state index is 12.7. The summed E-state index contributed by atoms with van der Waals surface area (Å²) in [6.07, 6.45) is 15.2. The molecule has 1 aliphatic carbocycles. The maximum Gasteiger partial charge on any atom is 0.410 e. The van der Waals surface area contributed by atoms with Crippen LogP contribution >= 0.6 is 0 Å². The number of ether oxygens (including phenoxy) is 1. The molecule has 2 heterocycles. The van der Waals surface area contributed by atoms with E-state index in [1.165, 1.54) is 42.5 Å². The van der Waals surface area contributed by atoms with Crippen molar-refractivity contribution in [3.8, 4) is 6.19 Å². The summed E-state index contributed by atoms with van der Waals surface area (Å²) in [5.41, 5.74) is 4.58. The van der Waals surface area contributed by atoms with Crippen LogP contribution in [0, 0.1) is 23.3 Å². The average Bonchev–Trinajstić information content (AvgIpc) is 3.73. The second kappa shape index (κ2) is 14.1. The van der Waals surface area contributed by atoms with Crippen molar-refractivity contribution in [2.45, 2.75) is 105 Å². The van der Waals surface area contributed by atoms with E-state index in [2.05, 4.69) is 44.5 Å². The standard InChI is InChI=1S/C32H51N5O2/c1-8-28(27-16-17-27)30(25(4)37-20-19-36(21-24(37)3)31(38)39-32(5,6)7)29(34-9-2)15-11-10-13-26-14-12-18-35(22-26)23-33/h8-9,24,26-27H,2,10-22H2,1,3-7H3/b28-8-,30-25+,34-29?/t24-,26?/m0/s1. The zero-order valence-electron chi connectivity index (χ0n) is 25.3. The normalized spacial score (nSPS) is 23.8. The van der Waals surface area contributed by atoms with Crippen LogP contribution in [0.5, 0.6) is 0 Å². The number of amides is 1. The van der Waals surface area contributed by atoms with E-state index in [-0.39, 0.29) is 12.1 Å². The van der Waals surface area contributed by atoms with Gasteiger partial charge in [-0.2, -0.15) is 5.26 Å². The smallest absolute Gasteiger partial charge is 0.410 e. The predicted octanol–water partition coefficient (Wildman–Crippen LogP) is 6.90. The lowest BCUT2D eigenvalue weighted by Gasteiger charge is -2.42. The van der Waals surface area contributed by atoms with Gasteiger partial charge in [-0.25, -0.2) is 4.79 Å². The summed E-state index contributed by atoms with van der Waals surface area (Å²) < 4.78 is 5.64. The van der Waals surface area contributed by atoms with E-state index in [9.17, 15) is 10.1 Å². The molecule has 2 saturated heterocycles. The van der Waals surface area contributed by atoms with Crippen LogP contribution in [-0.4, -0.2) is 70.9 Å². The van der Waals surface area contributed by atoms with E-state index >= 15 is 0 Å². The summed E-state index contributed by atoms with van der Waals surface area (Å²) in [5, 5.41) is 9.27. The number of hydrogen-bond acceptors (Lipinski definition) is 6. The molecule has 39 heavy (non-hydrogen) atoms. The molecule has 3 rings (SSSR count). The number of nitriles is 1. The molecule has 216 valence electrons. The average molecular weight is 538 g/mol. The van der Waals surface area contributed by atoms with Gasteiger partial charge < -0.3 is 19.4 Å². The van der Waals surface area contributed by atoms with Crippen LogP contribution in [0.25, 0.3) is 0 Å². The van der Waals surface area contributed by atoms with E-state index < -0.39 is 5.60 Å². The van der Waals surface area contributed by atoms with Crippen LogP contribution in [0.15, 0.2) is 40.7 Å². The lowest BCUT2D eigenvalue weighted by Crippen LogP contribution is -2.54. The number of allylic oxidation sites excluding steroid dienone is 4. The number of nitrogens with zero attached hydrogens (tertiary/aromatic N) is 5. The van der Waals surface area contributed by atoms with Crippen LogP contribution in [0.1, 0.15) is 92.9 Å². The molecule has 1 saturated carbocycles. The Morgan fingerprint density at radius 2 is 1.90 bits per heavy atom. The highest BCUT2D eigenvalue weighted by atomic mass is 16.6. The van der Waals surface area contributed by atoms with Crippen molar-refractivity contribution in [3.63, 3.8) is 0 Å². The summed E-state index contributed by atoms with van der Waals surface area (Å²) in [6, 6.07) is 0.179. The third kappa shape index (κ3) is 8.88. The third-order valence-electron chi connectivity index (χ3n) is 8.16. The summed E-state index contributed by atoms with van der Waals surface area (Å²) in [4.78, 5) is 23.8. The Bertz CT molecular complexity index is 995. The van der Waals surface area contributed by atoms with Gasteiger partial charge in [0.2, 0.25) is 0 Å². The Hall–Kier alpha value is -2.75. The molecule has 0 aromatic carbocycles. The number of rotatable bonds is 10. The van der Waals surface area contributed by atoms with Crippen LogP contribution < -0.4 is 0 Å². The molecule has 3 aliphatic rings. The lowest BCUT2D eigenvalue weighted by atomic mass is 9.89. The number of likely N-dealkylation sites (tertiary alicyclic amines) is 1. The number of hydrogen-bond donors (Lipinski definition) is 0. The Morgan fingerprint density at radius 1 is 1.15 bits per heavy atom. The maximum atomic E-state index is 12.7. The Balaban J connectivity index is 1.74. The zero-order chi connectivity index (χ0) is 28.6. The molecule has 7 nitrogen and oxygen atoms in total. The minimum absolute atomic E-state index is 0.179. The van der Waals surface area contributed by atoms with Gasteiger partial charge in [0.25, 0.3) is 0 Å². The van der Waals surface area contributed by atoms with Gasteiger partial charge in [0, 0.05) is 61.9 Å². The molecule has 3 fully saturated rings. The predicted molar refractivity (Wildman–Crippen MR) is 159 cm³/mol. The van der Waals surface area contributed by atoms with Crippen LogP contribution in [0.4, 0.5) is 4.79 Å². The Kier molecular flexibility index (Phi) is 11.1. The summed E-state index contributed by atoms with van der Waals surface area (Å²) in [5.74, 6) is 1.22. The lowest BCUT2D eigenvalue weighted by molar-refractivity contribution is 0.0101. The third-order valence-corrected chi connectivity index (χ3v) is 8.16. The molecule has 0 aromatic rings. The second-order valence-electron chi connectivity index (χ2n) is 12.5. The second-order valence-corrected chi connectivity index (χ2v) is 12.5. The van der Waals surface area contributed by atoms with Gasteiger partial charge in [0.15, 0.2) is 6.19 Å². The van der Waals surface area contributed by atoms with E-state index in [4.69, 9.17) is 9.73 Å². The van der Waals surface area contributed by atoms with Crippen molar-refractivity contribution in [3.05, 3.63) is 35.7 Å². The van der Waals surface area contributed by atoms with Gasteiger partial charge in [-0.15, -0.1) is 0 Å². The van der Waals surface area contributed by atoms with Crippen molar-refractivity contribution in [2.75, 3.05) is 32.7 Å². The molecule has 1 unspecified atom stereocenters. The molecule has 0 spiro atoms. The van der Waals surface area contributed by atoms with Gasteiger partial charge in [-0.05, 0) is 104 Å². The van der Waals surface area contributed by atoms with Crippen molar-refractivity contribution < 1.29 is 9.53 Å². The highest BCUT2D eigenvalue weighted by Gasteiger charge is 2.34. The number of piperidine rings is 1. The van der Waals surface area contributed by atoms with E-state index in [0.29, 0.717) is 24.9 Å². The van der Waals surface area contributed by atoms with Gasteiger partial charge in [0.1, 0.15) is 5.60 Å². The van der Waals surface area contributed by atoms with E-state index in [0.717, 1.165) is 51.0 Å². The first-order valence-electron chi connectivity index (χ1n) is 15.0. The quantitative estimate of drug-likeness (QED) is 0.131. The highest BCUT2D eigenvalue weighted by molar-refractivity contribution is 6.05. The van der Waals surface area contributed by atoms with Gasteiger partial charge in [0.05, 0.1) is 0 Å². The topological polar surface area (TPSA) is 72.2 Å². The van der Waals surface area contributed by atoms with E-state index in [1.54, 1.807) is 6.20 Å². The van der Waals surface area contributed by atoms with E-state index in [1.807, 2.05) is 30.6 Å². The first-order valence-corrected chi connectivity index (χ1v) is 15.0. The molecular formula is C32H51N5O2. The number of carbonyl (C=O) groups excluding carboxylic acids is 1. The van der Waals surface area contributed by atoms with Crippen molar-refractivity contribution >= 4 is 11.8 Å². The fourth-order valence-corrected chi connectivity index (χ4v) is 6.14. The first-order chi connectivity index (χ1) is 18.6. The highest BCUT2D eigenvalue weighted by Crippen LogP contribution is 2.42. The minimum atomic E-state index is -0.492. The van der Waals surface area contributed by atoms with Crippen molar-refractivity contribution in [1.29, 1.82) is 5.26 Å². The van der Waals surface area contributed by atoms with Crippen LogP contribution in [0.2, 0.25) is 0 Å². The molecule has 1 amide bonds. The fraction of sp³-hybridized carbons (Fsp3) is 0.719. The number of unbranched alkanes of at least 4 members (excludes halogenated alkanes) is 1. The minimum Gasteiger partial charge on any atom is -0.444 e. The Labute approximate surface area is 237 Å². The largest absolute Gasteiger partial charge is 0.444 e. The first kappa shape index (κ1) is 30.8. The molecule has 7 heteroatoms. The summed E-state index contributed by atoms with van der Waals surface area (Å²) in [7, 11) is 0. The van der Waals surface area contributed by atoms with Gasteiger partial charge >= 0.3 is 6.09 Å². The molecule has 0 radical (unpaired) electrons. The summed E-state index contributed by atoms with van der Waals surface area (Å²) >= 11 is 0. The zero-order valence-corrected chi connectivity index (χ0v) is 25.3. The SMILES string of the molecule is C=CN=C(CCCCC1CCCN(C#N)C1)C(/C(=C\C)C1CC1)=C(\C)N1CCN(C(=O)OC(C)(C)C)C[C@@H]1C. The molecule has 0 bridgehead atoms. The van der Waals surface area contributed by atoms with Crippen LogP contribution in [-0.2, 0) is 4.74 Å². The molecule has 0 N–H and O–H groups in total. The van der Waals surface area contributed by atoms with Gasteiger partial charge in [-0.3, -0.25) is 4.99 Å². The summed E-state index contributed by atoms with van der Waals surface area (Å²) in [6.45, 7) is 20.2. The number of piperazine rings is 1. The van der Waals surface area contributed by atoms with Crippen molar-refractivity contribution in [1.82, 2.24) is 14.7 Å². The molecule has 0 aromatic heterocycles. The van der Waals surface area contributed by atoms with Gasteiger partial charge in [-0.1, -0.05) is 19.1 Å². The molecule has 2 atom stereocenters.